The molecule has 0 unspecified atom stereocenters. The van der Waals surface area contributed by atoms with Crippen molar-refractivity contribution in [2.75, 3.05) is 0 Å². The van der Waals surface area contributed by atoms with Crippen LogP contribution in [0.2, 0.25) is 0 Å². The Kier molecular flexibility index (Phi) is 2.94. The molecule has 0 atom stereocenters. The van der Waals surface area contributed by atoms with Crippen LogP contribution in [0.4, 0.5) is 0 Å². The molecule has 0 aliphatic rings. The van der Waals surface area contributed by atoms with E-state index in [0.29, 0.717) is 17.9 Å². The average Bonchev–Trinajstić information content (AvgIpc) is 2.77. The first kappa shape index (κ1) is 10.3. The van der Waals surface area contributed by atoms with Crippen LogP contribution in [0.1, 0.15) is 17.0 Å². The average molecular weight is 214 g/mol. The van der Waals surface area contributed by atoms with Crippen LogP contribution in [0.5, 0.6) is 0 Å². The quantitative estimate of drug-likeness (QED) is 0.815. The van der Waals surface area contributed by atoms with Gasteiger partial charge in [-0.25, -0.2) is 0 Å². The molecule has 0 aliphatic carbocycles. The minimum Gasteiger partial charge on any atom is -0.388 e. The van der Waals surface area contributed by atoms with Crippen molar-refractivity contribution in [1.29, 1.82) is 5.26 Å². The van der Waals surface area contributed by atoms with E-state index in [4.69, 9.17) is 10.4 Å². The maximum absolute atomic E-state index is 9.00. The molecule has 0 aliphatic heterocycles. The number of benzene rings is 1. The van der Waals surface area contributed by atoms with Crippen LogP contribution >= 0.6 is 0 Å². The standard InChI is InChI=1S/C11H10N4O/c12-5-9-1-3-10(4-2-9)6-15-8-13-14-11(15)7-16/h1-4,8,16H,6-7H2. The van der Waals surface area contributed by atoms with Gasteiger partial charge in [-0.15, -0.1) is 10.2 Å². The van der Waals surface area contributed by atoms with E-state index in [1.807, 2.05) is 12.1 Å². The first-order chi connectivity index (χ1) is 7.83. The van der Waals surface area contributed by atoms with Crippen LogP contribution in [0, 0.1) is 11.3 Å². The summed E-state index contributed by atoms with van der Waals surface area (Å²) in [6, 6.07) is 9.34. The molecule has 0 bridgehead atoms. The number of nitrogens with zero attached hydrogens (tertiary/aromatic N) is 4. The summed E-state index contributed by atoms with van der Waals surface area (Å²) in [5.41, 5.74) is 1.67. The number of aliphatic hydroxyl groups excluding tert-OH is 1. The molecule has 5 heteroatoms. The van der Waals surface area contributed by atoms with Gasteiger partial charge in [-0.1, -0.05) is 12.1 Å². The van der Waals surface area contributed by atoms with Crippen LogP contribution in [0.3, 0.4) is 0 Å². The Labute approximate surface area is 92.6 Å². The monoisotopic (exact) mass is 214 g/mol. The molecule has 0 spiro atoms. The van der Waals surface area contributed by atoms with E-state index in [0.717, 1.165) is 5.56 Å². The van der Waals surface area contributed by atoms with Gasteiger partial charge in [-0.3, -0.25) is 0 Å². The van der Waals surface area contributed by atoms with E-state index < -0.39 is 0 Å². The van der Waals surface area contributed by atoms with Gasteiger partial charge in [0.05, 0.1) is 18.2 Å². The molecule has 0 saturated carbocycles. The molecule has 16 heavy (non-hydrogen) atoms. The van der Waals surface area contributed by atoms with Crippen LogP contribution in [0.15, 0.2) is 30.6 Å². The molecule has 80 valence electrons. The highest BCUT2D eigenvalue weighted by atomic mass is 16.3. The van der Waals surface area contributed by atoms with Gasteiger partial charge < -0.3 is 9.67 Å². The zero-order valence-electron chi connectivity index (χ0n) is 8.54. The summed E-state index contributed by atoms with van der Waals surface area (Å²) in [6.45, 7) is 0.463. The second-order valence-corrected chi connectivity index (χ2v) is 3.34. The second kappa shape index (κ2) is 4.55. The lowest BCUT2D eigenvalue weighted by Crippen LogP contribution is -2.04. The Morgan fingerprint density at radius 2 is 2.06 bits per heavy atom. The molecule has 1 N–H and O–H groups in total. The first-order valence-corrected chi connectivity index (χ1v) is 4.80. The lowest BCUT2D eigenvalue weighted by Gasteiger charge is -2.04. The van der Waals surface area contributed by atoms with Gasteiger partial charge in [0.25, 0.3) is 0 Å². The lowest BCUT2D eigenvalue weighted by atomic mass is 10.1. The van der Waals surface area contributed by atoms with Crippen molar-refractivity contribution in [2.45, 2.75) is 13.2 Å². The van der Waals surface area contributed by atoms with E-state index in [1.165, 1.54) is 0 Å². The Balaban J connectivity index is 2.18. The lowest BCUT2D eigenvalue weighted by molar-refractivity contribution is 0.265. The van der Waals surface area contributed by atoms with Crippen LogP contribution in [-0.2, 0) is 13.2 Å². The molecule has 2 rings (SSSR count). The van der Waals surface area contributed by atoms with Gasteiger partial charge in [0, 0.05) is 0 Å². The van der Waals surface area contributed by atoms with Crippen LogP contribution < -0.4 is 0 Å². The van der Waals surface area contributed by atoms with Crippen molar-refractivity contribution in [3.05, 3.63) is 47.5 Å². The fourth-order valence-electron chi connectivity index (χ4n) is 1.41. The maximum Gasteiger partial charge on any atom is 0.158 e. The molecule has 1 aromatic carbocycles. The predicted molar refractivity (Wildman–Crippen MR) is 56.2 cm³/mol. The maximum atomic E-state index is 9.00. The molecular formula is C11H10N4O. The summed E-state index contributed by atoms with van der Waals surface area (Å²) < 4.78 is 1.77. The predicted octanol–water partition coefficient (Wildman–Crippen LogP) is 0.690. The van der Waals surface area contributed by atoms with Crippen molar-refractivity contribution in [3.8, 4) is 6.07 Å². The fourth-order valence-corrected chi connectivity index (χ4v) is 1.41. The number of aliphatic hydroxyl groups is 1. The summed E-state index contributed by atoms with van der Waals surface area (Å²) in [5.74, 6) is 0.532. The molecule has 5 nitrogen and oxygen atoms in total. The van der Waals surface area contributed by atoms with E-state index in [-0.39, 0.29) is 6.61 Å². The van der Waals surface area contributed by atoms with Crippen LogP contribution in [0.25, 0.3) is 0 Å². The Bertz CT molecular complexity index is 510. The summed E-state index contributed by atoms with van der Waals surface area (Å²) in [5, 5.41) is 25.2. The molecule has 0 amide bonds. The summed E-state index contributed by atoms with van der Waals surface area (Å²) >= 11 is 0. The number of hydrogen-bond donors (Lipinski definition) is 1. The molecule has 2 aromatic rings. The summed E-state index contributed by atoms with van der Waals surface area (Å²) in [7, 11) is 0. The molecular weight excluding hydrogens is 204 g/mol. The van der Waals surface area contributed by atoms with Crippen LogP contribution in [-0.4, -0.2) is 19.9 Å². The van der Waals surface area contributed by atoms with Gasteiger partial charge in [0.2, 0.25) is 0 Å². The fraction of sp³-hybridized carbons (Fsp3) is 0.182. The number of aromatic nitrogens is 3. The van der Waals surface area contributed by atoms with Crippen molar-refractivity contribution in [3.63, 3.8) is 0 Å². The molecule has 1 heterocycles. The molecule has 0 saturated heterocycles. The first-order valence-electron chi connectivity index (χ1n) is 4.80. The van der Waals surface area contributed by atoms with Gasteiger partial charge in [0.15, 0.2) is 5.82 Å². The Morgan fingerprint density at radius 3 is 2.69 bits per heavy atom. The zero-order valence-corrected chi connectivity index (χ0v) is 8.54. The smallest absolute Gasteiger partial charge is 0.158 e. The summed E-state index contributed by atoms with van der Waals surface area (Å²) in [4.78, 5) is 0. The van der Waals surface area contributed by atoms with Crippen molar-refractivity contribution < 1.29 is 5.11 Å². The third kappa shape index (κ3) is 2.07. The second-order valence-electron chi connectivity index (χ2n) is 3.34. The number of hydrogen-bond acceptors (Lipinski definition) is 4. The largest absolute Gasteiger partial charge is 0.388 e. The summed E-state index contributed by atoms with van der Waals surface area (Å²) in [6.07, 6.45) is 1.57. The Morgan fingerprint density at radius 1 is 1.31 bits per heavy atom. The van der Waals surface area contributed by atoms with Gasteiger partial charge in [0.1, 0.15) is 12.9 Å². The minimum atomic E-state index is -0.129. The minimum absolute atomic E-state index is 0.129. The zero-order chi connectivity index (χ0) is 11.4. The van der Waals surface area contributed by atoms with Crippen molar-refractivity contribution in [1.82, 2.24) is 14.8 Å². The van der Waals surface area contributed by atoms with Gasteiger partial charge in [-0.2, -0.15) is 5.26 Å². The Hall–Kier alpha value is -2.19. The van der Waals surface area contributed by atoms with Crippen molar-refractivity contribution >= 4 is 0 Å². The topological polar surface area (TPSA) is 74.7 Å². The van der Waals surface area contributed by atoms with E-state index in [9.17, 15) is 0 Å². The van der Waals surface area contributed by atoms with E-state index in [1.54, 1.807) is 23.0 Å². The highest BCUT2D eigenvalue weighted by Crippen LogP contribution is 2.06. The van der Waals surface area contributed by atoms with E-state index >= 15 is 0 Å². The SMILES string of the molecule is N#Cc1ccc(Cn2cnnc2CO)cc1. The van der Waals surface area contributed by atoms with E-state index in [2.05, 4.69) is 16.3 Å². The molecule has 0 fully saturated rings. The van der Waals surface area contributed by atoms with Gasteiger partial charge >= 0.3 is 0 Å². The normalized spacial score (nSPS) is 10.0. The van der Waals surface area contributed by atoms with Gasteiger partial charge in [-0.05, 0) is 17.7 Å². The van der Waals surface area contributed by atoms with Crippen molar-refractivity contribution in [2.24, 2.45) is 0 Å². The number of rotatable bonds is 3. The third-order valence-corrected chi connectivity index (χ3v) is 2.27. The highest BCUT2D eigenvalue weighted by Gasteiger charge is 2.03. The number of nitriles is 1. The molecule has 0 radical (unpaired) electrons. The highest BCUT2D eigenvalue weighted by molar-refractivity contribution is 5.31. The third-order valence-electron chi connectivity index (χ3n) is 2.27. The molecule has 1 aromatic heterocycles.